The van der Waals surface area contributed by atoms with Crippen molar-refractivity contribution in [2.75, 3.05) is 12.3 Å². The van der Waals surface area contributed by atoms with E-state index >= 15 is 0 Å². The molecule has 0 atom stereocenters. The first-order chi connectivity index (χ1) is 15.8. The van der Waals surface area contributed by atoms with E-state index < -0.39 is 0 Å². The normalized spacial score (nSPS) is 8.95. The molecule has 4 rings (SSSR count). The second-order valence-electron chi connectivity index (χ2n) is 7.35. The maximum Gasteiger partial charge on any atom is 3.00 e. The molecule has 0 amide bonds. The molecule has 0 saturated heterocycles. The molecule has 210 valence electrons. The summed E-state index contributed by atoms with van der Waals surface area (Å²) < 4.78 is 0. The van der Waals surface area contributed by atoms with E-state index in [0.717, 1.165) is 12.8 Å². The predicted octanol–water partition coefficient (Wildman–Crippen LogP) is -5.30. The van der Waals surface area contributed by atoms with Crippen LogP contribution in [0.15, 0.2) is 121 Å². The fourth-order valence-corrected chi connectivity index (χ4v) is 7.95. The van der Waals surface area contributed by atoms with Crippen LogP contribution in [0.1, 0.15) is 12.8 Å². The summed E-state index contributed by atoms with van der Waals surface area (Å²) in [5.74, 6) is 0. The second-order valence-corrected chi connectivity index (χ2v) is 12.0. The van der Waals surface area contributed by atoms with Crippen LogP contribution in [0.2, 0.25) is 0 Å². The first kappa shape index (κ1) is 44.9. The summed E-state index contributed by atoms with van der Waals surface area (Å²) in [6.07, 6.45) is 4.33. The van der Waals surface area contributed by atoms with Gasteiger partial charge in [0.05, 0.1) is 0 Å². The van der Waals surface area contributed by atoms with E-state index in [2.05, 4.69) is 135 Å². The van der Waals surface area contributed by atoms with Gasteiger partial charge in [-0.3, -0.25) is 0 Å². The van der Waals surface area contributed by atoms with Crippen LogP contribution in [0.5, 0.6) is 0 Å². The predicted molar refractivity (Wildman–Crippen MR) is 148 cm³/mol. The van der Waals surface area contributed by atoms with Crippen LogP contribution < -0.4 is 70.8 Å². The van der Waals surface area contributed by atoms with Crippen molar-refractivity contribution in [3.05, 3.63) is 135 Å². The van der Waals surface area contributed by atoms with Crippen molar-refractivity contribution in [3.8, 4) is 0 Å². The summed E-state index contributed by atoms with van der Waals surface area (Å²) in [5, 5.41) is 5.81. The van der Waals surface area contributed by atoms with Crippen molar-refractivity contribution in [3.63, 3.8) is 0 Å². The molecule has 0 heterocycles. The van der Waals surface area contributed by atoms with E-state index in [4.69, 9.17) is 0 Å². The Bertz CT molecular complexity index is 851. The van der Waals surface area contributed by atoms with Crippen molar-refractivity contribution in [1.29, 1.82) is 0 Å². The zero-order valence-corrected chi connectivity index (χ0v) is 27.6. The van der Waals surface area contributed by atoms with Gasteiger partial charge < -0.3 is 63.5 Å². The minimum absolute atomic E-state index is 0. The van der Waals surface area contributed by atoms with Crippen molar-refractivity contribution in [2.45, 2.75) is 12.8 Å². The first-order valence-electron chi connectivity index (χ1n) is 11.2. The molecule has 4 aromatic carbocycles. The molecule has 4 aromatic rings. The third-order valence-electron chi connectivity index (χ3n) is 5.03. The Morgan fingerprint density at radius 1 is 0.368 bits per heavy atom. The Hall–Kier alpha value is -0.113. The van der Waals surface area contributed by atoms with Crippen molar-refractivity contribution >= 4 is 37.1 Å². The third-order valence-corrected chi connectivity index (χ3v) is 10.2. The summed E-state index contributed by atoms with van der Waals surface area (Å²) in [6.45, 7) is 7.99. The maximum atomic E-state index is 3.99. The SMILES string of the molecule is [CH2-]CCP(c1ccccc1)c1ccccc1.[CH2-]CCP(c1ccccc1)c1ccccc1.[Cl-].[Cl-].[Cl-].[Cl-].[Ni+3].[Ni+3]. The number of hydrogen-bond acceptors (Lipinski definition) is 0. The van der Waals surface area contributed by atoms with Crippen LogP contribution >= 0.6 is 15.8 Å². The summed E-state index contributed by atoms with van der Waals surface area (Å²) in [7, 11) is -0.427. The molecular formula is C30H32Cl4Ni2P2. The van der Waals surface area contributed by atoms with Gasteiger partial charge in [0, 0.05) is 0 Å². The van der Waals surface area contributed by atoms with E-state index in [1.165, 1.54) is 33.5 Å². The van der Waals surface area contributed by atoms with Crippen LogP contribution in [0.25, 0.3) is 0 Å². The van der Waals surface area contributed by atoms with Gasteiger partial charge in [-0.15, -0.1) is 0 Å². The second kappa shape index (κ2) is 27.1. The van der Waals surface area contributed by atoms with Gasteiger partial charge in [-0.05, 0) is 37.1 Å². The van der Waals surface area contributed by atoms with Gasteiger partial charge in [0.25, 0.3) is 0 Å². The van der Waals surface area contributed by atoms with Crippen molar-refractivity contribution in [2.24, 2.45) is 0 Å². The Kier molecular flexibility index (Phi) is 32.0. The molecule has 0 spiro atoms. The van der Waals surface area contributed by atoms with Crippen LogP contribution in [0.4, 0.5) is 0 Å². The van der Waals surface area contributed by atoms with Crippen LogP contribution in [-0.4, -0.2) is 12.3 Å². The average molecular weight is 714 g/mol. The summed E-state index contributed by atoms with van der Waals surface area (Å²) in [4.78, 5) is 0. The molecule has 0 bridgehead atoms. The molecule has 2 radical (unpaired) electrons. The van der Waals surface area contributed by atoms with Gasteiger partial charge in [-0.2, -0.15) is 12.8 Å². The number of benzene rings is 4. The molecule has 0 nitrogen and oxygen atoms in total. The average Bonchev–Trinajstić information content (AvgIpc) is 2.88. The minimum Gasteiger partial charge on any atom is -1.00 e. The van der Waals surface area contributed by atoms with Gasteiger partial charge >= 0.3 is 33.0 Å². The van der Waals surface area contributed by atoms with Crippen molar-refractivity contribution < 1.29 is 82.6 Å². The van der Waals surface area contributed by atoms with Crippen LogP contribution in [-0.2, 0) is 33.0 Å². The van der Waals surface area contributed by atoms with E-state index in [1.54, 1.807) is 0 Å². The first-order valence-corrected chi connectivity index (χ1v) is 14.2. The molecule has 8 heteroatoms. The van der Waals surface area contributed by atoms with E-state index in [-0.39, 0.29) is 98.5 Å². The van der Waals surface area contributed by atoms with Gasteiger partial charge in [-0.25, -0.2) is 0 Å². The van der Waals surface area contributed by atoms with Gasteiger partial charge in [0.2, 0.25) is 0 Å². The smallest absolute Gasteiger partial charge is 1.00 e. The molecule has 0 aromatic heterocycles. The zero-order valence-electron chi connectivity index (χ0n) is 20.8. The topological polar surface area (TPSA) is 0 Å². The number of halogens is 4. The molecule has 0 fully saturated rings. The van der Waals surface area contributed by atoms with Crippen molar-refractivity contribution in [1.82, 2.24) is 0 Å². The quantitative estimate of drug-likeness (QED) is 0.0975. The molecule has 38 heavy (non-hydrogen) atoms. The zero-order chi connectivity index (χ0) is 22.4. The fraction of sp³-hybridized carbons (Fsp3) is 0.133. The van der Waals surface area contributed by atoms with Crippen LogP contribution in [0, 0.1) is 13.8 Å². The molecule has 0 saturated carbocycles. The summed E-state index contributed by atoms with van der Waals surface area (Å²) >= 11 is 0. The maximum absolute atomic E-state index is 3.99. The fourth-order valence-electron chi connectivity index (χ4n) is 3.56. The van der Waals surface area contributed by atoms with E-state index in [0.29, 0.717) is 0 Å². The largest absolute Gasteiger partial charge is 3.00 e. The molecule has 0 aliphatic carbocycles. The van der Waals surface area contributed by atoms with Gasteiger partial charge in [-0.1, -0.05) is 134 Å². The Balaban J connectivity index is -0.000000263. The third kappa shape index (κ3) is 15.0. The molecular weight excluding hydrogens is 681 g/mol. The summed E-state index contributed by atoms with van der Waals surface area (Å²) in [5.41, 5.74) is 0. The number of hydrogen-bond donors (Lipinski definition) is 0. The summed E-state index contributed by atoms with van der Waals surface area (Å²) in [6, 6.07) is 43.1. The Labute approximate surface area is 278 Å². The van der Waals surface area contributed by atoms with E-state index in [1.807, 2.05) is 0 Å². The number of rotatable bonds is 8. The molecule has 0 N–H and O–H groups in total. The van der Waals surface area contributed by atoms with Gasteiger partial charge in [0.15, 0.2) is 0 Å². The molecule has 0 aliphatic heterocycles. The Morgan fingerprint density at radius 2 is 0.553 bits per heavy atom. The Morgan fingerprint density at radius 3 is 0.711 bits per heavy atom. The van der Waals surface area contributed by atoms with Crippen LogP contribution in [0.3, 0.4) is 0 Å². The molecule has 0 unspecified atom stereocenters. The van der Waals surface area contributed by atoms with Gasteiger partial charge in [0.1, 0.15) is 0 Å². The standard InChI is InChI=1S/2C15H16P.4ClH.2Ni/c2*1-2-13-16(14-9-5-3-6-10-14)15-11-7-4-8-12-15;;;;;;/h2*3-12H,1-2,13H2;4*1H;;/q2*-1;;;;;2*+3/p-4. The van der Waals surface area contributed by atoms with E-state index in [9.17, 15) is 0 Å². The molecule has 0 aliphatic rings. The monoisotopic (exact) mass is 710 g/mol. The minimum atomic E-state index is -0.213.